The maximum absolute atomic E-state index is 12.0. The van der Waals surface area contributed by atoms with Gasteiger partial charge in [-0.1, -0.05) is 11.6 Å². The van der Waals surface area contributed by atoms with Crippen molar-refractivity contribution in [3.8, 4) is 0 Å². The molecule has 1 atom stereocenters. The molecule has 6 nitrogen and oxygen atoms in total. The quantitative estimate of drug-likeness (QED) is 0.810. The molecule has 1 aliphatic heterocycles. The average Bonchev–Trinajstić information content (AvgIpc) is 2.86. The zero-order valence-corrected chi connectivity index (χ0v) is 11.1. The second kappa shape index (κ2) is 4.93. The summed E-state index contributed by atoms with van der Waals surface area (Å²) < 4.78 is 27.9. The molecular weight excluding hydrogens is 264 g/mol. The fraction of sp³-hybridized carbons (Fsp3) is 0.667. The Kier molecular flexibility index (Phi) is 3.72. The first-order chi connectivity index (χ1) is 8.00. The van der Waals surface area contributed by atoms with Gasteiger partial charge in [0.05, 0.1) is 11.2 Å². The Morgan fingerprint density at radius 2 is 2.47 bits per heavy atom. The minimum Gasteiger partial charge on any atom is -0.316 e. The van der Waals surface area contributed by atoms with Crippen molar-refractivity contribution in [2.75, 3.05) is 19.6 Å². The van der Waals surface area contributed by atoms with Crippen molar-refractivity contribution >= 4 is 21.6 Å². The highest BCUT2D eigenvalue weighted by atomic mass is 35.5. The van der Waals surface area contributed by atoms with E-state index in [0.717, 1.165) is 19.5 Å². The van der Waals surface area contributed by atoms with Gasteiger partial charge in [-0.2, -0.15) is 5.10 Å². The lowest BCUT2D eigenvalue weighted by Crippen LogP contribution is -2.31. The molecule has 0 aliphatic carbocycles. The molecule has 1 saturated heterocycles. The molecule has 2 rings (SSSR count). The smallest absolute Gasteiger partial charge is 0.259 e. The zero-order chi connectivity index (χ0) is 12.5. The van der Waals surface area contributed by atoms with Crippen LogP contribution in [0.4, 0.5) is 0 Å². The third kappa shape index (κ3) is 2.79. The first-order valence-corrected chi connectivity index (χ1v) is 7.24. The van der Waals surface area contributed by atoms with Crippen LogP contribution in [0.2, 0.25) is 5.02 Å². The average molecular weight is 279 g/mol. The normalized spacial score (nSPS) is 20.9. The van der Waals surface area contributed by atoms with Crippen LogP contribution >= 0.6 is 11.6 Å². The zero-order valence-electron chi connectivity index (χ0n) is 9.48. The van der Waals surface area contributed by atoms with Gasteiger partial charge < -0.3 is 5.32 Å². The largest absolute Gasteiger partial charge is 0.316 e. The van der Waals surface area contributed by atoms with Crippen molar-refractivity contribution in [3.05, 3.63) is 11.2 Å². The molecule has 17 heavy (non-hydrogen) atoms. The van der Waals surface area contributed by atoms with Crippen molar-refractivity contribution in [1.29, 1.82) is 0 Å². The fourth-order valence-corrected chi connectivity index (χ4v) is 3.65. The van der Waals surface area contributed by atoms with E-state index < -0.39 is 10.0 Å². The van der Waals surface area contributed by atoms with Gasteiger partial charge in [0, 0.05) is 13.6 Å². The van der Waals surface area contributed by atoms with E-state index in [9.17, 15) is 8.42 Å². The summed E-state index contributed by atoms with van der Waals surface area (Å²) in [5.41, 5.74) is 0. The molecule has 1 aromatic rings. The Labute approximate surface area is 105 Å². The van der Waals surface area contributed by atoms with E-state index in [4.69, 9.17) is 11.6 Å². The maximum atomic E-state index is 12.0. The molecule has 96 valence electrons. The predicted octanol–water partition coefficient (Wildman–Crippen LogP) is -0.0387. The minimum absolute atomic E-state index is 0.0186. The van der Waals surface area contributed by atoms with Gasteiger partial charge in [-0.3, -0.25) is 4.68 Å². The highest BCUT2D eigenvalue weighted by Gasteiger charge is 2.24. The lowest BCUT2D eigenvalue weighted by atomic mass is 10.1. The fourth-order valence-electron chi connectivity index (χ4n) is 1.89. The molecule has 1 unspecified atom stereocenters. The summed E-state index contributed by atoms with van der Waals surface area (Å²) in [6.07, 6.45) is 2.31. The SMILES string of the molecule is Cn1ncc(Cl)c1S(=O)(=O)NCC1CCNC1. The molecule has 0 bridgehead atoms. The van der Waals surface area contributed by atoms with Crippen LogP contribution in [0.15, 0.2) is 11.2 Å². The van der Waals surface area contributed by atoms with Gasteiger partial charge in [-0.25, -0.2) is 13.1 Å². The number of sulfonamides is 1. The second-order valence-electron chi connectivity index (χ2n) is 4.13. The van der Waals surface area contributed by atoms with Crippen LogP contribution in [-0.2, 0) is 17.1 Å². The second-order valence-corrected chi connectivity index (χ2v) is 6.22. The van der Waals surface area contributed by atoms with Gasteiger partial charge in [0.25, 0.3) is 10.0 Å². The molecule has 2 N–H and O–H groups in total. The van der Waals surface area contributed by atoms with E-state index in [-0.39, 0.29) is 10.0 Å². The molecule has 0 amide bonds. The van der Waals surface area contributed by atoms with E-state index in [0.29, 0.717) is 12.5 Å². The molecule has 0 aromatic carbocycles. The van der Waals surface area contributed by atoms with E-state index in [2.05, 4.69) is 15.1 Å². The number of rotatable bonds is 4. The number of nitrogens with zero attached hydrogens (tertiary/aromatic N) is 2. The molecule has 0 saturated carbocycles. The van der Waals surface area contributed by atoms with Crippen LogP contribution < -0.4 is 10.0 Å². The van der Waals surface area contributed by atoms with Crippen LogP contribution in [-0.4, -0.2) is 37.8 Å². The third-order valence-electron chi connectivity index (χ3n) is 2.82. The molecule has 1 aliphatic rings. The summed E-state index contributed by atoms with van der Waals surface area (Å²) >= 11 is 5.81. The first-order valence-electron chi connectivity index (χ1n) is 5.38. The van der Waals surface area contributed by atoms with Gasteiger partial charge in [-0.15, -0.1) is 0 Å². The maximum Gasteiger partial charge on any atom is 0.259 e. The summed E-state index contributed by atoms with van der Waals surface area (Å²) in [4.78, 5) is 0. The Hall–Kier alpha value is -0.630. The number of aryl methyl sites for hydroxylation is 1. The van der Waals surface area contributed by atoms with Gasteiger partial charge in [0.15, 0.2) is 5.03 Å². The lowest BCUT2D eigenvalue weighted by molar-refractivity contribution is 0.529. The van der Waals surface area contributed by atoms with Gasteiger partial charge >= 0.3 is 0 Å². The van der Waals surface area contributed by atoms with Crippen molar-refractivity contribution in [1.82, 2.24) is 19.8 Å². The Bertz CT molecular complexity index is 474. The van der Waals surface area contributed by atoms with Crippen molar-refractivity contribution in [2.45, 2.75) is 11.4 Å². The monoisotopic (exact) mass is 278 g/mol. The van der Waals surface area contributed by atoms with Crippen LogP contribution in [0, 0.1) is 5.92 Å². The lowest BCUT2D eigenvalue weighted by Gasteiger charge is -2.11. The summed E-state index contributed by atoms with van der Waals surface area (Å²) in [6, 6.07) is 0. The third-order valence-corrected chi connectivity index (χ3v) is 4.75. The number of nitrogens with one attached hydrogen (secondary N) is 2. The Morgan fingerprint density at radius 3 is 3.00 bits per heavy atom. The molecule has 2 heterocycles. The Balaban J connectivity index is 2.08. The summed E-state index contributed by atoms with van der Waals surface area (Å²) in [7, 11) is -2.02. The minimum atomic E-state index is -3.58. The topological polar surface area (TPSA) is 76.0 Å². The summed E-state index contributed by atoms with van der Waals surface area (Å²) in [6.45, 7) is 2.22. The molecule has 0 radical (unpaired) electrons. The number of aromatic nitrogens is 2. The van der Waals surface area contributed by atoms with Gasteiger partial charge in [-0.05, 0) is 25.4 Å². The standard InChI is InChI=1S/C9H15ClN4O2S/c1-14-9(8(10)6-12-14)17(15,16)13-5-7-2-3-11-4-7/h6-7,11,13H,2-5H2,1H3. The molecular formula is C9H15ClN4O2S. The van der Waals surface area contributed by atoms with E-state index in [1.807, 2.05) is 0 Å². The number of hydrogen-bond donors (Lipinski definition) is 2. The number of halogens is 1. The Morgan fingerprint density at radius 1 is 1.71 bits per heavy atom. The van der Waals surface area contributed by atoms with Crippen LogP contribution in [0.5, 0.6) is 0 Å². The highest BCUT2D eigenvalue weighted by molar-refractivity contribution is 7.89. The number of hydrogen-bond acceptors (Lipinski definition) is 4. The summed E-state index contributed by atoms with van der Waals surface area (Å²) in [5, 5.41) is 7.16. The first kappa shape index (κ1) is 12.8. The van der Waals surface area contributed by atoms with Crippen LogP contribution in [0.25, 0.3) is 0 Å². The van der Waals surface area contributed by atoms with E-state index >= 15 is 0 Å². The summed E-state index contributed by atoms with van der Waals surface area (Å²) in [5.74, 6) is 0.344. The highest BCUT2D eigenvalue weighted by Crippen LogP contribution is 2.19. The van der Waals surface area contributed by atoms with Gasteiger partial charge in [0.1, 0.15) is 0 Å². The van der Waals surface area contributed by atoms with Crippen molar-refractivity contribution in [2.24, 2.45) is 13.0 Å². The predicted molar refractivity (Wildman–Crippen MR) is 64.4 cm³/mol. The van der Waals surface area contributed by atoms with E-state index in [1.54, 1.807) is 7.05 Å². The van der Waals surface area contributed by atoms with Crippen LogP contribution in [0.1, 0.15) is 6.42 Å². The molecule has 8 heteroatoms. The van der Waals surface area contributed by atoms with Gasteiger partial charge in [0.2, 0.25) is 0 Å². The van der Waals surface area contributed by atoms with E-state index in [1.165, 1.54) is 10.9 Å². The molecule has 0 spiro atoms. The molecule has 1 aromatic heterocycles. The van der Waals surface area contributed by atoms with Crippen molar-refractivity contribution in [3.63, 3.8) is 0 Å². The van der Waals surface area contributed by atoms with Crippen molar-refractivity contribution < 1.29 is 8.42 Å². The molecule has 1 fully saturated rings. The van der Waals surface area contributed by atoms with Crippen LogP contribution in [0.3, 0.4) is 0 Å².